The SMILES string of the molecule is [2H]C[C@](N)(CO[Si](C)(C)C(C)(C)C)C(=O)OC. The highest BCUT2D eigenvalue weighted by Gasteiger charge is 2.40. The third kappa shape index (κ3) is 3.88. The Labute approximate surface area is 101 Å². The molecule has 0 bridgehead atoms. The van der Waals surface area contributed by atoms with Crippen LogP contribution < -0.4 is 5.73 Å². The first kappa shape index (κ1) is 13.7. The number of methoxy groups -OCH3 is 1. The summed E-state index contributed by atoms with van der Waals surface area (Å²) in [5.74, 6) is -0.591. The van der Waals surface area contributed by atoms with Crippen LogP contribution in [-0.2, 0) is 14.0 Å². The van der Waals surface area contributed by atoms with E-state index in [1.165, 1.54) is 7.11 Å². The van der Waals surface area contributed by atoms with Gasteiger partial charge in [-0.25, -0.2) is 4.79 Å². The lowest BCUT2D eigenvalue weighted by Gasteiger charge is -2.38. The molecule has 0 heterocycles. The first-order valence-electron chi connectivity index (χ1n) is 6.01. The molecule has 5 heteroatoms. The average molecular weight is 248 g/mol. The standard InChI is InChI=1S/C11H25NO3Si/c1-10(2,3)16(6,7)15-8-11(4,12)9(13)14-5/h8,12H2,1-7H3/t11-/m0/s1/i4D. The summed E-state index contributed by atoms with van der Waals surface area (Å²) in [6, 6.07) is 0. The molecule has 0 aromatic heterocycles. The van der Waals surface area contributed by atoms with E-state index >= 15 is 0 Å². The predicted molar refractivity (Wildman–Crippen MR) is 67.8 cm³/mol. The largest absolute Gasteiger partial charge is 0.468 e. The van der Waals surface area contributed by atoms with Crippen molar-refractivity contribution < 1.29 is 15.3 Å². The van der Waals surface area contributed by atoms with Crippen LogP contribution in [0.4, 0.5) is 0 Å². The van der Waals surface area contributed by atoms with Gasteiger partial charge in [-0.3, -0.25) is 0 Å². The predicted octanol–water partition coefficient (Wildman–Crippen LogP) is 1.90. The number of rotatable bonds is 4. The van der Waals surface area contributed by atoms with E-state index in [9.17, 15) is 4.79 Å². The Balaban J connectivity index is 4.70. The number of esters is 1. The van der Waals surface area contributed by atoms with E-state index < -0.39 is 19.8 Å². The fraction of sp³-hybridized carbons (Fsp3) is 0.909. The van der Waals surface area contributed by atoms with Gasteiger partial charge in [0.05, 0.1) is 13.7 Å². The van der Waals surface area contributed by atoms with E-state index in [2.05, 4.69) is 38.6 Å². The third-order valence-corrected chi connectivity index (χ3v) is 7.57. The lowest BCUT2D eigenvalue weighted by atomic mass is 10.1. The molecule has 0 fully saturated rings. The van der Waals surface area contributed by atoms with Crippen molar-refractivity contribution in [2.75, 3.05) is 13.7 Å². The van der Waals surface area contributed by atoms with Gasteiger partial charge in [0.15, 0.2) is 8.32 Å². The van der Waals surface area contributed by atoms with Gasteiger partial charge in [-0.05, 0) is 25.0 Å². The van der Waals surface area contributed by atoms with Crippen molar-refractivity contribution in [3.8, 4) is 0 Å². The topological polar surface area (TPSA) is 61.5 Å². The number of carbonyl (C=O) groups excluding carboxylic acids is 1. The lowest BCUT2D eigenvalue weighted by Crippen LogP contribution is -2.53. The Morgan fingerprint density at radius 1 is 1.44 bits per heavy atom. The van der Waals surface area contributed by atoms with Crippen LogP contribution in [0.15, 0.2) is 0 Å². The second-order valence-corrected chi connectivity index (χ2v) is 10.5. The van der Waals surface area contributed by atoms with Crippen LogP contribution in [-0.4, -0.2) is 33.5 Å². The van der Waals surface area contributed by atoms with E-state index in [4.69, 9.17) is 11.5 Å². The molecule has 2 N–H and O–H groups in total. The molecule has 0 unspecified atom stereocenters. The summed E-state index contributed by atoms with van der Waals surface area (Å²) in [5, 5.41) is 0.0477. The number of carbonyl (C=O) groups is 1. The lowest BCUT2D eigenvalue weighted by molar-refractivity contribution is -0.147. The molecule has 16 heavy (non-hydrogen) atoms. The van der Waals surface area contributed by atoms with Gasteiger partial charge in [0.1, 0.15) is 5.54 Å². The minimum absolute atomic E-state index is 0.0413. The van der Waals surface area contributed by atoms with E-state index in [0.717, 1.165) is 0 Å². The van der Waals surface area contributed by atoms with Crippen molar-refractivity contribution in [1.82, 2.24) is 0 Å². The van der Waals surface area contributed by atoms with Crippen molar-refractivity contribution in [2.45, 2.75) is 51.3 Å². The van der Waals surface area contributed by atoms with E-state index in [0.29, 0.717) is 0 Å². The summed E-state index contributed by atoms with van der Waals surface area (Å²) in [5.41, 5.74) is 4.48. The first-order chi connectivity index (χ1) is 7.50. The molecule has 0 rings (SSSR count). The van der Waals surface area contributed by atoms with E-state index in [1.807, 2.05) is 0 Å². The van der Waals surface area contributed by atoms with Crippen molar-refractivity contribution >= 4 is 14.3 Å². The minimum Gasteiger partial charge on any atom is -0.468 e. The molecule has 0 saturated heterocycles. The fourth-order valence-electron chi connectivity index (χ4n) is 0.788. The summed E-state index contributed by atoms with van der Waals surface area (Å²) in [6.45, 7) is 10.3. The number of hydrogen-bond acceptors (Lipinski definition) is 4. The van der Waals surface area contributed by atoms with E-state index in [-0.39, 0.29) is 18.5 Å². The molecule has 0 aromatic rings. The van der Waals surface area contributed by atoms with Gasteiger partial charge < -0.3 is 14.9 Å². The summed E-state index contributed by atoms with van der Waals surface area (Å²) in [7, 11) is -0.691. The number of ether oxygens (including phenoxy) is 1. The normalized spacial score (nSPS) is 17.6. The summed E-state index contributed by atoms with van der Waals surface area (Å²) in [4.78, 5) is 11.5. The van der Waals surface area contributed by atoms with Crippen molar-refractivity contribution in [1.29, 1.82) is 0 Å². The quantitative estimate of drug-likeness (QED) is 0.610. The highest BCUT2D eigenvalue weighted by molar-refractivity contribution is 6.74. The van der Waals surface area contributed by atoms with Crippen LogP contribution in [0.5, 0.6) is 0 Å². The molecule has 0 aliphatic heterocycles. The van der Waals surface area contributed by atoms with Crippen molar-refractivity contribution in [3.05, 3.63) is 0 Å². The molecule has 0 aliphatic rings. The number of nitrogens with two attached hydrogens (primary N) is 1. The van der Waals surface area contributed by atoms with Crippen LogP contribution >= 0.6 is 0 Å². The highest BCUT2D eigenvalue weighted by Crippen LogP contribution is 2.36. The van der Waals surface area contributed by atoms with Crippen LogP contribution in [0.1, 0.15) is 29.0 Å². The summed E-state index contributed by atoms with van der Waals surface area (Å²) < 4.78 is 17.8. The Morgan fingerprint density at radius 3 is 2.25 bits per heavy atom. The van der Waals surface area contributed by atoms with Crippen LogP contribution in [0.2, 0.25) is 18.1 Å². The zero-order chi connectivity index (χ0) is 13.9. The molecular weight excluding hydrogens is 222 g/mol. The monoisotopic (exact) mass is 248 g/mol. The highest BCUT2D eigenvalue weighted by atomic mass is 28.4. The Morgan fingerprint density at radius 2 is 1.94 bits per heavy atom. The Bertz CT molecular complexity index is 278. The number of hydrogen-bond donors (Lipinski definition) is 1. The van der Waals surface area contributed by atoms with Gasteiger partial charge in [0.2, 0.25) is 0 Å². The van der Waals surface area contributed by atoms with Crippen molar-refractivity contribution in [2.24, 2.45) is 5.73 Å². The van der Waals surface area contributed by atoms with Gasteiger partial charge in [0.25, 0.3) is 0 Å². The van der Waals surface area contributed by atoms with Crippen LogP contribution in [0.3, 0.4) is 0 Å². The molecule has 0 saturated carbocycles. The molecular formula is C11H25NO3Si. The summed E-state index contributed by atoms with van der Waals surface area (Å²) in [6.07, 6.45) is 0. The van der Waals surface area contributed by atoms with Crippen molar-refractivity contribution in [3.63, 3.8) is 0 Å². The zero-order valence-corrected chi connectivity index (χ0v) is 12.2. The Hall–Kier alpha value is -0.393. The summed E-state index contributed by atoms with van der Waals surface area (Å²) >= 11 is 0. The van der Waals surface area contributed by atoms with Gasteiger partial charge in [-0.1, -0.05) is 20.8 Å². The van der Waals surface area contributed by atoms with Gasteiger partial charge >= 0.3 is 5.97 Å². The van der Waals surface area contributed by atoms with Gasteiger partial charge in [0, 0.05) is 1.37 Å². The maximum atomic E-state index is 11.5. The van der Waals surface area contributed by atoms with Crippen LogP contribution in [0.25, 0.3) is 0 Å². The molecule has 0 aliphatic carbocycles. The second-order valence-electron chi connectivity index (χ2n) is 5.70. The maximum absolute atomic E-state index is 11.5. The van der Waals surface area contributed by atoms with Gasteiger partial charge in [-0.15, -0.1) is 0 Å². The third-order valence-electron chi connectivity index (χ3n) is 3.09. The molecule has 4 nitrogen and oxygen atoms in total. The molecule has 96 valence electrons. The molecule has 0 aromatic carbocycles. The fourth-order valence-corrected chi connectivity index (χ4v) is 1.84. The smallest absolute Gasteiger partial charge is 0.327 e. The Kier molecular flexibility index (Phi) is 4.15. The first-order valence-corrected chi connectivity index (χ1v) is 8.21. The van der Waals surface area contributed by atoms with Crippen LogP contribution in [0, 0.1) is 0 Å². The minimum atomic E-state index is -1.96. The molecule has 1 atom stereocenters. The molecule has 0 spiro atoms. The molecule has 0 amide bonds. The van der Waals surface area contributed by atoms with Gasteiger partial charge in [-0.2, -0.15) is 0 Å². The zero-order valence-electron chi connectivity index (χ0n) is 12.2. The maximum Gasteiger partial charge on any atom is 0.327 e. The van der Waals surface area contributed by atoms with E-state index in [1.54, 1.807) is 0 Å². The second kappa shape index (κ2) is 4.85. The average Bonchev–Trinajstić information content (AvgIpc) is 2.23. The molecule has 0 radical (unpaired) electrons.